The SMILES string of the molecule is C=C1CCC(=O)N1CC(=C)C(C)(C)CCCC. The maximum absolute atomic E-state index is 11.7. The van der Waals surface area contributed by atoms with Crippen LogP contribution in [0.2, 0.25) is 0 Å². The topological polar surface area (TPSA) is 20.3 Å². The van der Waals surface area contributed by atoms with Gasteiger partial charge in [-0.15, -0.1) is 0 Å². The Labute approximate surface area is 105 Å². The molecule has 96 valence electrons. The Kier molecular flexibility index (Phi) is 4.55. The molecule has 0 aliphatic carbocycles. The van der Waals surface area contributed by atoms with E-state index < -0.39 is 0 Å². The van der Waals surface area contributed by atoms with Crippen LogP contribution in [0.3, 0.4) is 0 Å². The number of allylic oxidation sites excluding steroid dienone is 1. The number of hydrogen-bond donors (Lipinski definition) is 0. The maximum atomic E-state index is 11.7. The Morgan fingerprint density at radius 2 is 2.06 bits per heavy atom. The minimum atomic E-state index is 0.110. The molecule has 1 aliphatic rings. The fourth-order valence-corrected chi connectivity index (χ4v) is 2.10. The summed E-state index contributed by atoms with van der Waals surface area (Å²) in [6.45, 7) is 15.4. The van der Waals surface area contributed by atoms with E-state index in [-0.39, 0.29) is 11.3 Å². The van der Waals surface area contributed by atoms with Crippen molar-refractivity contribution in [2.75, 3.05) is 6.54 Å². The number of unbranched alkanes of at least 4 members (excludes halogenated alkanes) is 1. The smallest absolute Gasteiger partial charge is 0.227 e. The van der Waals surface area contributed by atoms with E-state index in [1.165, 1.54) is 12.8 Å². The lowest BCUT2D eigenvalue weighted by molar-refractivity contribution is -0.126. The zero-order valence-corrected chi connectivity index (χ0v) is 11.5. The van der Waals surface area contributed by atoms with Crippen LogP contribution in [0.15, 0.2) is 24.4 Å². The van der Waals surface area contributed by atoms with Crippen molar-refractivity contribution in [3.63, 3.8) is 0 Å². The number of amides is 1. The van der Waals surface area contributed by atoms with Gasteiger partial charge in [-0.3, -0.25) is 4.79 Å². The molecule has 0 aromatic carbocycles. The second-order valence-electron chi connectivity index (χ2n) is 5.64. The fourth-order valence-electron chi connectivity index (χ4n) is 2.10. The molecule has 0 atom stereocenters. The van der Waals surface area contributed by atoms with Crippen molar-refractivity contribution in [3.8, 4) is 0 Å². The third-order valence-corrected chi connectivity index (χ3v) is 3.77. The lowest BCUT2D eigenvalue weighted by atomic mass is 9.80. The lowest BCUT2D eigenvalue weighted by Crippen LogP contribution is -2.30. The normalized spacial score (nSPS) is 16.8. The van der Waals surface area contributed by atoms with Gasteiger partial charge in [-0.2, -0.15) is 0 Å². The van der Waals surface area contributed by atoms with Gasteiger partial charge in [0, 0.05) is 18.7 Å². The van der Waals surface area contributed by atoms with Crippen LogP contribution in [0.4, 0.5) is 0 Å². The second-order valence-corrected chi connectivity index (χ2v) is 5.64. The minimum absolute atomic E-state index is 0.110. The molecular formula is C15H25NO. The molecule has 2 heteroatoms. The van der Waals surface area contributed by atoms with E-state index in [1.54, 1.807) is 4.90 Å². The highest BCUT2D eigenvalue weighted by atomic mass is 16.2. The largest absolute Gasteiger partial charge is 0.313 e. The molecule has 0 radical (unpaired) electrons. The Morgan fingerprint density at radius 1 is 1.41 bits per heavy atom. The number of carbonyl (C=O) groups excluding carboxylic acids is 1. The van der Waals surface area contributed by atoms with Gasteiger partial charge in [0.1, 0.15) is 0 Å². The van der Waals surface area contributed by atoms with E-state index in [9.17, 15) is 4.79 Å². The average Bonchev–Trinajstić information content (AvgIpc) is 2.58. The number of rotatable bonds is 6. The summed E-state index contributed by atoms with van der Waals surface area (Å²) in [5, 5.41) is 0. The van der Waals surface area contributed by atoms with Crippen LogP contribution in [0.25, 0.3) is 0 Å². The van der Waals surface area contributed by atoms with Gasteiger partial charge < -0.3 is 4.90 Å². The summed E-state index contributed by atoms with van der Waals surface area (Å²) in [6.07, 6.45) is 4.97. The highest BCUT2D eigenvalue weighted by molar-refractivity contribution is 5.81. The van der Waals surface area contributed by atoms with E-state index in [2.05, 4.69) is 33.9 Å². The summed E-state index contributed by atoms with van der Waals surface area (Å²) in [6, 6.07) is 0. The van der Waals surface area contributed by atoms with E-state index in [0.717, 1.165) is 24.1 Å². The van der Waals surface area contributed by atoms with Crippen molar-refractivity contribution in [1.82, 2.24) is 4.90 Å². The molecule has 1 rings (SSSR count). The summed E-state index contributed by atoms with van der Waals surface area (Å²) in [4.78, 5) is 13.5. The first-order chi connectivity index (χ1) is 7.88. The Morgan fingerprint density at radius 3 is 2.53 bits per heavy atom. The maximum Gasteiger partial charge on any atom is 0.227 e. The first-order valence-electron chi connectivity index (χ1n) is 6.55. The molecule has 0 bridgehead atoms. The first kappa shape index (κ1) is 14.0. The number of hydrogen-bond acceptors (Lipinski definition) is 1. The fraction of sp³-hybridized carbons (Fsp3) is 0.667. The third-order valence-electron chi connectivity index (χ3n) is 3.77. The highest BCUT2D eigenvalue weighted by Crippen LogP contribution is 2.33. The van der Waals surface area contributed by atoms with Gasteiger partial charge in [0.15, 0.2) is 0 Å². The van der Waals surface area contributed by atoms with Crippen molar-refractivity contribution < 1.29 is 4.79 Å². The van der Waals surface area contributed by atoms with Gasteiger partial charge in [-0.05, 0) is 18.3 Å². The van der Waals surface area contributed by atoms with Crippen LogP contribution in [0.1, 0.15) is 52.9 Å². The van der Waals surface area contributed by atoms with E-state index in [4.69, 9.17) is 0 Å². The van der Waals surface area contributed by atoms with Gasteiger partial charge in [-0.1, -0.05) is 52.3 Å². The molecule has 2 nitrogen and oxygen atoms in total. The van der Waals surface area contributed by atoms with Crippen molar-refractivity contribution in [3.05, 3.63) is 24.4 Å². The van der Waals surface area contributed by atoms with Crippen LogP contribution < -0.4 is 0 Å². The highest BCUT2D eigenvalue weighted by Gasteiger charge is 2.28. The number of likely N-dealkylation sites (tertiary alicyclic amines) is 1. The molecule has 1 heterocycles. The van der Waals surface area contributed by atoms with Crippen LogP contribution >= 0.6 is 0 Å². The van der Waals surface area contributed by atoms with Gasteiger partial charge >= 0.3 is 0 Å². The van der Waals surface area contributed by atoms with E-state index >= 15 is 0 Å². The molecule has 1 fully saturated rings. The lowest BCUT2D eigenvalue weighted by Gasteiger charge is -2.30. The molecule has 0 N–H and O–H groups in total. The molecule has 17 heavy (non-hydrogen) atoms. The Hall–Kier alpha value is -1.05. The Bertz CT molecular complexity index is 312. The van der Waals surface area contributed by atoms with Gasteiger partial charge in [0.05, 0.1) is 0 Å². The predicted octanol–water partition coefficient (Wildman–Crippen LogP) is 3.90. The standard InChI is InChI=1S/C15H25NO/c1-6-7-10-15(4,5)12(2)11-16-13(3)8-9-14(16)17/h2-3,6-11H2,1,4-5H3. The summed E-state index contributed by atoms with van der Waals surface area (Å²) in [5.41, 5.74) is 2.20. The second kappa shape index (κ2) is 5.52. The van der Waals surface area contributed by atoms with Crippen LogP contribution in [-0.2, 0) is 4.79 Å². The molecule has 1 saturated heterocycles. The molecule has 0 unspecified atom stereocenters. The zero-order chi connectivity index (χ0) is 13.1. The molecule has 1 aliphatic heterocycles. The predicted molar refractivity (Wildman–Crippen MR) is 72.5 cm³/mol. The molecule has 0 spiro atoms. The molecule has 1 amide bonds. The van der Waals surface area contributed by atoms with Crippen molar-refractivity contribution in [2.45, 2.75) is 52.9 Å². The van der Waals surface area contributed by atoms with E-state index in [1.807, 2.05) is 0 Å². The quantitative estimate of drug-likeness (QED) is 0.639. The van der Waals surface area contributed by atoms with Crippen molar-refractivity contribution in [2.24, 2.45) is 5.41 Å². The van der Waals surface area contributed by atoms with Crippen molar-refractivity contribution in [1.29, 1.82) is 0 Å². The Balaban J connectivity index is 2.59. The molecular weight excluding hydrogens is 210 g/mol. The number of carbonyl (C=O) groups is 1. The van der Waals surface area contributed by atoms with Gasteiger partial charge in [0.2, 0.25) is 5.91 Å². The van der Waals surface area contributed by atoms with Gasteiger partial charge in [0.25, 0.3) is 0 Å². The zero-order valence-electron chi connectivity index (χ0n) is 11.5. The third kappa shape index (κ3) is 3.45. The summed E-state index contributed by atoms with van der Waals surface area (Å²) < 4.78 is 0. The first-order valence-corrected chi connectivity index (χ1v) is 6.55. The molecule has 0 saturated carbocycles. The molecule has 0 aromatic rings. The van der Waals surface area contributed by atoms with E-state index in [0.29, 0.717) is 13.0 Å². The summed E-state index contributed by atoms with van der Waals surface area (Å²) in [5.74, 6) is 0.197. The average molecular weight is 235 g/mol. The number of nitrogens with zero attached hydrogens (tertiary/aromatic N) is 1. The monoisotopic (exact) mass is 235 g/mol. The van der Waals surface area contributed by atoms with Crippen LogP contribution in [0, 0.1) is 5.41 Å². The molecule has 0 aromatic heterocycles. The van der Waals surface area contributed by atoms with Crippen LogP contribution in [0.5, 0.6) is 0 Å². The van der Waals surface area contributed by atoms with Crippen molar-refractivity contribution >= 4 is 5.91 Å². The summed E-state index contributed by atoms with van der Waals surface area (Å²) >= 11 is 0. The van der Waals surface area contributed by atoms with Gasteiger partial charge in [-0.25, -0.2) is 0 Å². The summed E-state index contributed by atoms with van der Waals surface area (Å²) in [7, 11) is 0. The van der Waals surface area contributed by atoms with Crippen LogP contribution in [-0.4, -0.2) is 17.4 Å². The minimum Gasteiger partial charge on any atom is -0.313 e.